The first-order chi connectivity index (χ1) is 20.8. The lowest BCUT2D eigenvalue weighted by Gasteiger charge is -2.12. The van der Waals surface area contributed by atoms with E-state index in [-0.39, 0.29) is 0 Å². The number of hydrogen-bond donors (Lipinski definition) is 0. The van der Waals surface area contributed by atoms with Crippen molar-refractivity contribution in [2.75, 3.05) is 0 Å². The molecule has 3 heterocycles. The van der Waals surface area contributed by atoms with Gasteiger partial charge in [-0.25, -0.2) is 15.0 Å². The van der Waals surface area contributed by atoms with Gasteiger partial charge in [0.2, 0.25) is 0 Å². The lowest BCUT2D eigenvalue weighted by atomic mass is 9.99. The van der Waals surface area contributed by atoms with E-state index in [1.807, 2.05) is 18.3 Å². The maximum absolute atomic E-state index is 5.20. The Balaban J connectivity index is 1.19. The lowest BCUT2D eigenvalue weighted by Crippen LogP contribution is -1.97. The Morgan fingerprint density at radius 1 is 0.405 bits per heavy atom. The Labute approximate surface area is 242 Å². The van der Waals surface area contributed by atoms with E-state index in [9.17, 15) is 0 Å². The average Bonchev–Trinajstić information content (AvgIpc) is 3.40. The molecule has 1 aliphatic carbocycles. The van der Waals surface area contributed by atoms with Gasteiger partial charge < -0.3 is 0 Å². The van der Waals surface area contributed by atoms with Crippen LogP contribution in [0.3, 0.4) is 0 Å². The van der Waals surface area contributed by atoms with Crippen molar-refractivity contribution in [3.8, 4) is 56.3 Å². The first-order valence-electron chi connectivity index (χ1n) is 14.1. The summed E-state index contributed by atoms with van der Waals surface area (Å²) in [6.45, 7) is 0. The normalized spacial score (nSPS) is 11.8. The van der Waals surface area contributed by atoms with E-state index < -0.39 is 0 Å². The molecule has 194 valence electrons. The molecule has 5 aromatic carbocycles. The van der Waals surface area contributed by atoms with Crippen LogP contribution < -0.4 is 0 Å². The molecule has 0 fully saturated rings. The molecule has 4 nitrogen and oxygen atoms in total. The molecule has 0 spiro atoms. The SMILES string of the molecule is c1ccc(-c2nc(-c3ccc(-c4ccc5ccc6cccnc6c5n4)cc3)nc3c2-c2cccc4cccc-3c24)cc1. The van der Waals surface area contributed by atoms with Crippen LogP contribution >= 0.6 is 0 Å². The molecule has 4 heteroatoms. The van der Waals surface area contributed by atoms with Gasteiger partial charge in [-0.05, 0) is 28.5 Å². The Morgan fingerprint density at radius 2 is 1.10 bits per heavy atom. The van der Waals surface area contributed by atoms with Crippen molar-refractivity contribution < 1.29 is 0 Å². The summed E-state index contributed by atoms with van der Waals surface area (Å²) < 4.78 is 0. The highest BCUT2D eigenvalue weighted by atomic mass is 14.9. The monoisotopic (exact) mass is 534 g/mol. The van der Waals surface area contributed by atoms with Crippen LogP contribution in [0, 0.1) is 0 Å². The predicted octanol–water partition coefficient (Wildman–Crippen LogP) is 9.37. The van der Waals surface area contributed by atoms with Gasteiger partial charge in [-0.3, -0.25) is 4.98 Å². The molecule has 0 unspecified atom stereocenters. The quantitative estimate of drug-likeness (QED) is 0.212. The van der Waals surface area contributed by atoms with Crippen LogP contribution in [0.4, 0.5) is 0 Å². The van der Waals surface area contributed by atoms with Gasteiger partial charge in [0.05, 0.1) is 28.1 Å². The van der Waals surface area contributed by atoms with Gasteiger partial charge in [-0.15, -0.1) is 0 Å². The van der Waals surface area contributed by atoms with E-state index in [1.165, 1.54) is 16.3 Å². The molecule has 0 N–H and O–H groups in total. The summed E-state index contributed by atoms with van der Waals surface area (Å²) in [5.41, 5.74) is 11.3. The largest absolute Gasteiger partial charge is 0.254 e. The van der Waals surface area contributed by atoms with Crippen molar-refractivity contribution in [1.29, 1.82) is 0 Å². The molecule has 9 rings (SSSR count). The third-order valence-corrected chi connectivity index (χ3v) is 8.26. The van der Waals surface area contributed by atoms with Crippen molar-refractivity contribution >= 4 is 32.6 Å². The number of pyridine rings is 2. The second-order valence-corrected chi connectivity index (χ2v) is 10.7. The summed E-state index contributed by atoms with van der Waals surface area (Å²) in [6.07, 6.45) is 1.82. The summed E-state index contributed by atoms with van der Waals surface area (Å²) >= 11 is 0. The maximum Gasteiger partial charge on any atom is 0.160 e. The number of benzene rings is 5. The maximum atomic E-state index is 5.20. The zero-order valence-electron chi connectivity index (χ0n) is 22.5. The Morgan fingerprint density at radius 3 is 1.93 bits per heavy atom. The molecular weight excluding hydrogens is 512 g/mol. The van der Waals surface area contributed by atoms with Gasteiger partial charge in [0.1, 0.15) is 0 Å². The number of nitrogens with zero attached hydrogens (tertiary/aromatic N) is 4. The van der Waals surface area contributed by atoms with Crippen molar-refractivity contribution in [3.63, 3.8) is 0 Å². The highest BCUT2D eigenvalue weighted by Gasteiger charge is 2.28. The van der Waals surface area contributed by atoms with Crippen LogP contribution in [0.2, 0.25) is 0 Å². The fraction of sp³-hybridized carbons (Fsp3) is 0. The molecule has 42 heavy (non-hydrogen) atoms. The number of rotatable bonds is 3. The van der Waals surface area contributed by atoms with E-state index in [1.54, 1.807) is 0 Å². The van der Waals surface area contributed by atoms with Crippen LogP contribution in [0.5, 0.6) is 0 Å². The van der Waals surface area contributed by atoms with Crippen LogP contribution in [0.15, 0.2) is 134 Å². The third kappa shape index (κ3) is 3.42. The summed E-state index contributed by atoms with van der Waals surface area (Å²) in [6, 6.07) is 44.2. The molecule has 0 saturated heterocycles. The fourth-order valence-corrected chi connectivity index (χ4v) is 6.27. The van der Waals surface area contributed by atoms with Gasteiger partial charge >= 0.3 is 0 Å². The van der Waals surface area contributed by atoms with Gasteiger partial charge in [0, 0.05) is 44.8 Å². The van der Waals surface area contributed by atoms with E-state index >= 15 is 0 Å². The van der Waals surface area contributed by atoms with Gasteiger partial charge in [0.25, 0.3) is 0 Å². The molecule has 3 aromatic heterocycles. The van der Waals surface area contributed by atoms with Crippen molar-refractivity contribution in [1.82, 2.24) is 19.9 Å². The summed E-state index contributed by atoms with van der Waals surface area (Å²) in [5.74, 6) is 0.714. The van der Waals surface area contributed by atoms with Crippen molar-refractivity contribution in [2.24, 2.45) is 0 Å². The summed E-state index contributed by atoms with van der Waals surface area (Å²) in [5, 5.41) is 4.64. The minimum absolute atomic E-state index is 0.714. The molecule has 1 aliphatic rings. The van der Waals surface area contributed by atoms with Crippen LogP contribution in [0.1, 0.15) is 0 Å². The number of fused-ring (bicyclic) bond motifs is 6. The molecule has 0 amide bonds. The van der Waals surface area contributed by atoms with Gasteiger partial charge in [-0.1, -0.05) is 115 Å². The van der Waals surface area contributed by atoms with E-state index in [0.717, 1.165) is 66.7 Å². The highest BCUT2D eigenvalue weighted by Crippen LogP contribution is 2.50. The van der Waals surface area contributed by atoms with Crippen LogP contribution in [-0.2, 0) is 0 Å². The molecule has 0 atom stereocenters. The first kappa shape index (κ1) is 23.0. The molecule has 0 saturated carbocycles. The molecule has 0 radical (unpaired) electrons. The number of aromatic nitrogens is 4. The van der Waals surface area contributed by atoms with Crippen molar-refractivity contribution in [3.05, 3.63) is 134 Å². The predicted molar refractivity (Wildman–Crippen MR) is 171 cm³/mol. The highest BCUT2D eigenvalue weighted by molar-refractivity contribution is 6.17. The minimum atomic E-state index is 0.714. The second-order valence-electron chi connectivity index (χ2n) is 10.7. The molecular formula is C38H22N4. The molecule has 0 bridgehead atoms. The smallest absolute Gasteiger partial charge is 0.160 e. The molecule has 0 aliphatic heterocycles. The topological polar surface area (TPSA) is 51.6 Å². The van der Waals surface area contributed by atoms with E-state index in [2.05, 4.69) is 120 Å². The van der Waals surface area contributed by atoms with E-state index in [0.29, 0.717) is 5.82 Å². The fourth-order valence-electron chi connectivity index (χ4n) is 6.27. The summed E-state index contributed by atoms with van der Waals surface area (Å²) in [4.78, 5) is 20.0. The Bertz CT molecular complexity index is 2340. The molecule has 8 aromatic rings. The zero-order valence-corrected chi connectivity index (χ0v) is 22.5. The zero-order chi connectivity index (χ0) is 27.6. The van der Waals surface area contributed by atoms with Crippen molar-refractivity contribution in [2.45, 2.75) is 0 Å². The second kappa shape index (κ2) is 8.88. The Kier molecular flexibility index (Phi) is 4.87. The van der Waals surface area contributed by atoms with Crippen LogP contribution in [0.25, 0.3) is 88.9 Å². The standard InChI is InChI=1S/C38H22N4/c1-2-7-25(8-3-1)34-33-29-12-4-9-24-10-5-13-30(32(24)29)37(33)42-38(41-34)28-18-14-23(15-19-28)31-21-20-27-17-16-26-11-6-22-39-35(26)36(27)40-31/h1-22H. The third-order valence-electron chi connectivity index (χ3n) is 8.26. The van der Waals surface area contributed by atoms with Crippen LogP contribution in [-0.4, -0.2) is 19.9 Å². The van der Waals surface area contributed by atoms with Gasteiger partial charge in [0.15, 0.2) is 5.82 Å². The minimum Gasteiger partial charge on any atom is -0.254 e. The average molecular weight is 535 g/mol. The summed E-state index contributed by atoms with van der Waals surface area (Å²) in [7, 11) is 0. The first-order valence-corrected chi connectivity index (χ1v) is 14.1. The lowest BCUT2D eigenvalue weighted by molar-refractivity contribution is 1.19. The Hall–Kier alpha value is -5.74. The van der Waals surface area contributed by atoms with E-state index in [4.69, 9.17) is 15.0 Å². The van der Waals surface area contributed by atoms with Gasteiger partial charge in [-0.2, -0.15) is 0 Å². The number of hydrogen-bond acceptors (Lipinski definition) is 4.